The van der Waals surface area contributed by atoms with Crippen molar-refractivity contribution in [2.75, 3.05) is 6.54 Å². The number of carbonyl (C=O) groups excluding carboxylic acids is 1. The molecule has 0 saturated carbocycles. The molecule has 0 bridgehead atoms. The maximum absolute atomic E-state index is 11.5. The van der Waals surface area contributed by atoms with Crippen LogP contribution in [0.1, 0.15) is 16.1 Å². The Hall–Kier alpha value is -2.00. The average molecular weight is 274 g/mol. The van der Waals surface area contributed by atoms with Crippen LogP contribution in [0.2, 0.25) is 0 Å². The number of hydrogen-bond donors (Lipinski definition) is 3. The second kappa shape index (κ2) is 6.07. The van der Waals surface area contributed by atoms with Crippen LogP contribution in [0.25, 0.3) is 0 Å². The highest BCUT2D eigenvalue weighted by Crippen LogP contribution is 2.23. The zero-order chi connectivity index (χ0) is 13.7. The van der Waals surface area contributed by atoms with Gasteiger partial charge in [0.1, 0.15) is 0 Å². The molecule has 1 atom stereocenters. The number of carbonyl (C=O) groups is 2. The Kier molecular flexibility index (Phi) is 4.75. The third-order valence-corrected chi connectivity index (χ3v) is 3.02. The highest BCUT2D eigenvalue weighted by atomic mass is 32.1. The third-order valence-electron chi connectivity index (χ3n) is 1.98. The molecule has 1 heterocycles. The van der Waals surface area contributed by atoms with Crippen LogP contribution in [0, 0.1) is 10.1 Å². The van der Waals surface area contributed by atoms with E-state index in [0.717, 1.165) is 11.3 Å². The first-order valence-electron chi connectivity index (χ1n) is 4.85. The van der Waals surface area contributed by atoms with E-state index < -0.39 is 22.9 Å². The summed E-state index contributed by atoms with van der Waals surface area (Å²) in [6.45, 7) is -0.0298. The van der Waals surface area contributed by atoms with Gasteiger partial charge in [-0.05, 0) is 6.07 Å². The molecule has 18 heavy (non-hydrogen) atoms. The van der Waals surface area contributed by atoms with Gasteiger partial charge in [0.15, 0.2) is 6.10 Å². The molecular weight excluding hydrogens is 264 g/mol. The molecule has 0 aliphatic heterocycles. The number of carboxylic acids is 1. The molecule has 0 aliphatic rings. The molecule has 3 N–H and O–H groups in total. The summed E-state index contributed by atoms with van der Waals surface area (Å²) in [6.07, 6.45) is -1.67. The van der Waals surface area contributed by atoms with Gasteiger partial charge in [0.2, 0.25) is 0 Å². The highest BCUT2D eigenvalue weighted by molar-refractivity contribution is 7.17. The molecular formula is C9H10N2O6S. The average Bonchev–Trinajstić information content (AvgIpc) is 2.77. The van der Waals surface area contributed by atoms with Gasteiger partial charge in [-0.3, -0.25) is 14.9 Å². The molecule has 8 nitrogen and oxygen atoms in total. The lowest BCUT2D eigenvalue weighted by molar-refractivity contribution is -0.380. The minimum atomic E-state index is -1.54. The molecule has 0 saturated heterocycles. The maximum Gasteiger partial charge on any atom is 0.332 e. The highest BCUT2D eigenvalue weighted by Gasteiger charge is 2.16. The Balaban J connectivity index is 2.45. The lowest BCUT2D eigenvalue weighted by Crippen LogP contribution is -2.29. The summed E-state index contributed by atoms with van der Waals surface area (Å²) < 4.78 is 0. The standard InChI is InChI=1S/C9H10N2O6S/c12-5(9(14)15)3-4-10-8(13)6-1-2-7(18-6)11(16)17/h1-2,5,12H,3-4H2,(H,10,13)(H,14,15)/t5-/m0/s1. The summed E-state index contributed by atoms with van der Waals surface area (Å²) in [5.74, 6) is -1.90. The van der Waals surface area contributed by atoms with E-state index in [2.05, 4.69) is 5.32 Å². The molecule has 1 rings (SSSR count). The lowest BCUT2D eigenvalue weighted by Gasteiger charge is -2.05. The van der Waals surface area contributed by atoms with E-state index in [-0.39, 0.29) is 22.8 Å². The van der Waals surface area contributed by atoms with Gasteiger partial charge < -0.3 is 15.5 Å². The van der Waals surface area contributed by atoms with E-state index in [9.17, 15) is 19.7 Å². The van der Waals surface area contributed by atoms with Crippen molar-refractivity contribution in [3.05, 3.63) is 27.1 Å². The number of nitrogens with zero attached hydrogens (tertiary/aromatic N) is 1. The Morgan fingerprint density at radius 2 is 2.17 bits per heavy atom. The summed E-state index contributed by atoms with van der Waals surface area (Å²) in [5.41, 5.74) is 0. The largest absolute Gasteiger partial charge is 0.479 e. The summed E-state index contributed by atoms with van der Waals surface area (Å²) in [7, 11) is 0. The summed E-state index contributed by atoms with van der Waals surface area (Å²) in [4.78, 5) is 31.7. The van der Waals surface area contributed by atoms with E-state index in [1.54, 1.807) is 0 Å². The summed E-state index contributed by atoms with van der Waals surface area (Å²) >= 11 is 0.724. The summed E-state index contributed by atoms with van der Waals surface area (Å²) in [6, 6.07) is 2.53. The van der Waals surface area contributed by atoms with Gasteiger partial charge in [0, 0.05) is 19.0 Å². The SMILES string of the molecule is O=C(NCC[C@H](O)C(=O)O)c1ccc([N+](=O)[O-])s1. The summed E-state index contributed by atoms with van der Waals surface area (Å²) in [5, 5.41) is 30.0. The van der Waals surface area contributed by atoms with Crippen molar-refractivity contribution in [1.29, 1.82) is 0 Å². The Morgan fingerprint density at radius 1 is 1.50 bits per heavy atom. The van der Waals surface area contributed by atoms with E-state index in [0.29, 0.717) is 0 Å². The topological polar surface area (TPSA) is 130 Å². The predicted molar refractivity (Wildman–Crippen MR) is 61.6 cm³/mol. The Bertz CT molecular complexity index is 471. The van der Waals surface area contributed by atoms with Crippen LogP contribution >= 0.6 is 11.3 Å². The number of hydrogen-bond acceptors (Lipinski definition) is 6. The van der Waals surface area contributed by atoms with E-state index >= 15 is 0 Å². The van der Waals surface area contributed by atoms with Crippen LogP contribution in [0.3, 0.4) is 0 Å². The molecule has 0 aromatic carbocycles. The minimum Gasteiger partial charge on any atom is -0.479 e. The van der Waals surface area contributed by atoms with Gasteiger partial charge in [0.05, 0.1) is 9.80 Å². The monoisotopic (exact) mass is 274 g/mol. The number of aliphatic hydroxyl groups is 1. The molecule has 9 heteroatoms. The zero-order valence-electron chi connectivity index (χ0n) is 9.03. The van der Waals surface area contributed by atoms with Crippen LogP contribution in [0.5, 0.6) is 0 Å². The first-order chi connectivity index (χ1) is 8.41. The van der Waals surface area contributed by atoms with Gasteiger partial charge in [0.25, 0.3) is 5.91 Å². The maximum atomic E-state index is 11.5. The van der Waals surface area contributed by atoms with Crippen molar-refractivity contribution in [3.8, 4) is 0 Å². The number of nitrogens with one attached hydrogen (secondary N) is 1. The van der Waals surface area contributed by atoms with E-state index in [1.807, 2.05) is 0 Å². The molecule has 1 aromatic heterocycles. The second-order valence-electron chi connectivity index (χ2n) is 3.29. The number of carboxylic acid groups (broad SMARTS) is 1. The number of thiophene rings is 1. The van der Waals surface area contributed by atoms with Crippen LogP contribution < -0.4 is 5.32 Å². The van der Waals surface area contributed by atoms with Crippen molar-refractivity contribution in [3.63, 3.8) is 0 Å². The van der Waals surface area contributed by atoms with Gasteiger partial charge in [-0.2, -0.15) is 0 Å². The fraction of sp³-hybridized carbons (Fsp3) is 0.333. The molecule has 0 aliphatic carbocycles. The van der Waals surface area contributed by atoms with Crippen molar-refractivity contribution < 1.29 is 24.7 Å². The molecule has 1 amide bonds. The first-order valence-corrected chi connectivity index (χ1v) is 5.66. The fourth-order valence-corrected chi connectivity index (χ4v) is 1.82. The molecule has 98 valence electrons. The second-order valence-corrected chi connectivity index (χ2v) is 4.36. The number of nitro groups is 1. The van der Waals surface area contributed by atoms with Crippen LogP contribution in [-0.2, 0) is 4.79 Å². The quantitative estimate of drug-likeness (QED) is 0.502. The van der Waals surface area contributed by atoms with E-state index in [4.69, 9.17) is 10.2 Å². The smallest absolute Gasteiger partial charge is 0.332 e. The molecule has 0 radical (unpaired) electrons. The van der Waals surface area contributed by atoms with Crippen molar-refractivity contribution in [2.45, 2.75) is 12.5 Å². The van der Waals surface area contributed by atoms with Crippen LogP contribution in [0.15, 0.2) is 12.1 Å². The molecule has 0 fully saturated rings. The Morgan fingerprint density at radius 3 is 2.67 bits per heavy atom. The van der Waals surface area contributed by atoms with Crippen molar-refractivity contribution in [1.82, 2.24) is 5.32 Å². The Labute approximate surface area is 105 Å². The van der Waals surface area contributed by atoms with E-state index in [1.165, 1.54) is 12.1 Å². The molecule has 0 unspecified atom stereocenters. The van der Waals surface area contributed by atoms with Gasteiger partial charge in [-0.1, -0.05) is 11.3 Å². The minimum absolute atomic E-state index is 0.0298. The normalized spacial score (nSPS) is 11.8. The molecule has 0 spiro atoms. The number of aliphatic hydroxyl groups excluding tert-OH is 1. The predicted octanol–water partition coefficient (Wildman–Crippen LogP) is 0.222. The number of aliphatic carboxylic acids is 1. The number of rotatable bonds is 6. The van der Waals surface area contributed by atoms with Gasteiger partial charge in [-0.15, -0.1) is 0 Å². The third kappa shape index (κ3) is 3.79. The number of amides is 1. The fourth-order valence-electron chi connectivity index (χ4n) is 1.08. The lowest BCUT2D eigenvalue weighted by atomic mass is 10.2. The van der Waals surface area contributed by atoms with Crippen LogP contribution in [-0.4, -0.2) is 39.7 Å². The van der Waals surface area contributed by atoms with Crippen molar-refractivity contribution in [2.24, 2.45) is 0 Å². The first kappa shape index (κ1) is 14.1. The van der Waals surface area contributed by atoms with Gasteiger partial charge >= 0.3 is 11.0 Å². The van der Waals surface area contributed by atoms with Gasteiger partial charge in [-0.25, -0.2) is 4.79 Å². The van der Waals surface area contributed by atoms with Crippen LogP contribution in [0.4, 0.5) is 5.00 Å². The zero-order valence-corrected chi connectivity index (χ0v) is 9.85. The van der Waals surface area contributed by atoms with Crippen molar-refractivity contribution >= 4 is 28.2 Å². The molecule has 1 aromatic rings.